The molecule has 2 heterocycles. The number of amides is 1. The van der Waals surface area contributed by atoms with Crippen LogP contribution >= 0.6 is 0 Å². The van der Waals surface area contributed by atoms with E-state index in [-0.39, 0.29) is 16.3 Å². The molecule has 5 rings (SSSR count). The molecule has 1 aromatic heterocycles. The summed E-state index contributed by atoms with van der Waals surface area (Å²) in [6, 6.07) is 13.9. The highest BCUT2D eigenvalue weighted by Crippen LogP contribution is 2.37. The number of aromatic nitrogens is 1. The summed E-state index contributed by atoms with van der Waals surface area (Å²) in [4.78, 5) is 17.4. The van der Waals surface area contributed by atoms with Crippen LogP contribution < -0.4 is 10.4 Å². The minimum Gasteiger partial charge on any atom is -0.629 e. The van der Waals surface area contributed by atoms with Gasteiger partial charge >= 0.3 is 0 Å². The molecular weight excluding hydrogens is 527 g/mol. The van der Waals surface area contributed by atoms with Gasteiger partial charge in [-0.15, -0.1) is 0 Å². The van der Waals surface area contributed by atoms with Gasteiger partial charge in [0.2, 0.25) is 0 Å². The molecule has 6 nitrogen and oxygen atoms in total. The van der Waals surface area contributed by atoms with Crippen molar-refractivity contribution in [1.82, 2.24) is 4.98 Å². The van der Waals surface area contributed by atoms with E-state index in [2.05, 4.69) is 10.3 Å². The van der Waals surface area contributed by atoms with Gasteiger partial charge in [0.15, 0.2) is 6.04 Å². The fourth-order valence-electron chi connectivity index (χ4n) is 4.57. The van der Waals surface area contributed by atoms with Crippen LogP contribution in [0, 0.1) is 29.6 Å². The van der Waals surface area contributed by atoms with E-state index in [0.29, 0.717) is 22.4 Å². The number of nitrogens with one attached hydrogen (secondary N) is 2. The molecule has 0 spiro atoms. The average Bonchev–Trinajstić information content (AvgIpc) is 2.90. The number of aryl methyl sites for hydroxylation is 1. The molecule has 1 aliphatic heterocycles. The second-order valence-corrected chi connectivity index (χ2v) is 10.4. The van der Waals surface area contributed by atoms with Crippen molar-refractivity contribution in [2.45, 2.75) is 18.0 Å². The molecule has 0 bridgehead atoms. The normalized spacial score (nSPS) is 17.0. The van der Waals surface area contributed by atoms with Gasteiger partial charge in [-0.25, -0.2) is 18.2 Å². The van der Waals surface area contributed by atoms with Crippen molar-refractivity contribution in [3.05, 3.63) is 124 Å². The van der Waals surface area contributed by atoms with E-state index < -0.39 is 50.8 Å². The Morgan fingerprint density at radius 2 is 1.69 bits per heavy atom. The molecule has 2 N–H and O–H groups in total. The fourth-order valence-corrected chi connectivity index (χ4v) is 5.08. The Balaban J connectivity index is 1.66. The van der Waals surface area contributed by atoms with Gasteiger partial charge in [0.25, 0.3) is 5.91 Å². The molecule has 4 aromatic rings. The molecular formula is C29H22F3N3O3S. The number of pyridine rings is 1. The Kier molecular flexibility index (Phi) is 7.17. The highest BCUT2D eigenvalue weighted by Gasteiger charge is 2.34. The van der Waals surface area contributed by atoms with Crippen LogP contribution in [0.3, 0.4) is 0 Å². The first kappa shape index (κ1) is 26.5. The third-order valence-electron chi connectivity index (χ3n) is 6.51. The lowest BCUT2D eigenvalue weighted by molar-refractivity contribution is -0.821. The maximum absolute atomic E-state index is 14.8. The number of nitrogens with zero attached hydrogens (tertiary/aromatic N) is 1. The number of benzene rings is 3. The molecule has 1 aliphatic rings. The van der Waals surface area contributed by atoms with Crippen LogP contribution in [0.4, 0.5) is 18.9 Å². The number of anilines is 1. The first-order valence-corrected chi connectivity index (χ1v) is 13.4. The Morgan fingerprint density at radius 3 is 2.36 bits per heavy atom. The molecule has 0 saturated heterocycles. The molecule has 198 valence electrons. The van der Waals surface area contributed by atoms with E-state index in [1.54, 1.807) is 24.3 Å². The van der Waals surface area contributed by atoms with Gasteiger partial charge in [-0.3, -0.25) is 9.00 Å². The van der Waals surface area contributed by atoms with Crippen LogP contribution in [0.5, 0.6) is 0 Å². The third kappa shape index (κ3) is 5.14. The molecule has 1 amide bonds. The van der Waals surface area contributed by atoms with Crippen LogP contribution in [0.2, 0.25) is 0 Å². The van der Waals surface area contributed by atoms with E-state index in [1.165, 1.54) is 48.9 Å². The van der Waals surface area contributed by atoms with Gasteiger partial charge in [0.1, 0.15) is 28.2 Å². The summed E-state index contributed by atoms with van der Waals surface area (Å²) < 4.78 is 55.5. The topological polar surface area (TPSA) is 86.6 Å². The van der Waals surface area contributed by atoms with Crippen molar-refractivity contribution in [1.29, 1.82) is 0 Å². The summed E-state index contributed by atoms with van der Waals surface area (Å²) in [5, 5.41) is 15.3. The summed E-state index contributed by atoms with van der Waals surface area (Å²) in [5.74, 6) is -2.66. The standard InChI is InChI=1S/C29H22F3N3O3S/c1-16-6-7-17(29(36)33-19-10-8-18(30)9-11-19)14-21(16)22-15-25(39(2)38)34-27-20(22)12-13-35(37)28(27)26-23(31)4-3-5-24(26)32/h3-15,28,35H,1-2H3,(H,33,36). The maximum Gasteiger partial charge on any atom is 0.255 e. The number of rotatable bonds is 5. The monoisotopic (exact) mass is 549 g/mol. The van der Waals surface area contributed by atoms with Crippen LogP contribution in [0.15, 0.2) is 78.0 Å². The van der Waals surface area contributed by atoms with Gasteiger partial charge in [-0.05, 0) is 78.2 Å². The number of hydrogen-bond donors (Lipinski definition) is 2. The van der Waals surface area contributed by atoms with Gasteiger partial charge in [0.05, 0.1) is 22.6 Å². The molecule has 0 aliphatic carbocycles. The molecule has 0 fully saturated rings. The van der Waals surface area contributed by atoms with Crippen LogP contribution in [0.1, 0.15) is 38.8 Å². The lowest BCUT2D eigenvalue weighted by atomic mass is 9.89. The van der Waals surface area contributed by atoms with Crippen LogP contribution in [-0.4, -0.2) is 21.4 Å². The Labute approximate surface area is 224 Å². The Morgan fingerprint density at radius 1 is 1.00 bits per heavy atom. The van der Waals surface area contributed by atoms with Gasteiger partial charge in [-0.1, -0.05) is 12.1 Å². The first-order chi connectivity index (χ1) is 18.6. The predicted molar refractivity (Wildman–Crippen MR) is 143 cm³/mol. The SMILES string of the molecule is Cc1ccc(C(=O)Nc2ccc(F)cc2)cc1-c1cc(S(C)=O)nc2c1C=C[NH+]([O-])C2c1c(F)cccc1F. The number of carbonyl (C=O) groups is 1. The maximum atomic E-state index is 14.8. The molecule has 3 atom stereocenters. The molecule has 3 unspecified atom stereocenters. The highest BCUT2D eigenvalue weighted by atomic mass is 32.2. The summed E-state index contributed by atoms with van der Waals surface area (Å²) in [6.07, 6.45) is 4.17. The molecule has 0 saturated carbocycles. The van der Waals surface area contributed by atoms with E-state index in [0.717, 1.165) is 17.7 Å². The fraction of sp³-hybridized carbons (Fsp3) is 0.103. The van der Waals surface area contributed by atoms with Crippen molar-refractivity contribution in [2.24, 2.45) is 0 Å². The lowest BCUT2D eigenvalue weighted by Gasteiger charge is -2.33. The zero-order valence-electron chi connectivity index (χ0n) is 20.8. The summed E-state index contributed by atoms with van der Waals surface area (Å²) in [7, 11) is -1.60. The number of hydrogen-bond acceptors (Lipinski definition) is 4. The quantitative estimate of drug-likeness (QED) is 0.346. The molecule has 39 heavy (non-hydrogen) atoms. The zero-order valence-corrected chi connectivity index (χ0v) is 21.6. The largest absolute Gasteiger partial charge is 0.629 e. The van der Waals surface area contributed by atoms with Gasteiger partial charge < -0.3 is 15.6 Å². The summed E-state index contributed by atoms with van der Waals surface area (Å²) in [5.41, 5.74) is 2.61. The van der Waals surface area contributed by atoms with Gasteiger partial charge in [0, 0.05) is 29.1 Å². The van der Waals surface area contributed by atoms with Gasteiger partial charge in [-0.2, -0.15) is 0 Å². The number of halogens is 3. The van der Waals surface area contributed by atoms with Crippen molar-refractivity contribution in [3.8, 4) is 11.1 Å². The number of carbonyl (C=O) groups excluding carboxylic acids is 1. The number of quaternary nitrogens is 1. The van der Waals surface area contributed by atoms with E-state index in [1.807, 2.05) is 6.92 Å². The Bertz CT molecular complexity index is 1640. The minimum atomic E-state index is -1.60. The van der Waals surface area contributed by atoms with Crippen LogP contribution in [-0.2, 0) is 10.8 Å². The Hall–Kier alpha value is -4.12. The predicted octanol–water partition coefficient (Wildman–Crippen LogP) is 4.92. The summed E-state index contributed by atoms with van der Waals surface area (Å²) in [6.45, 7) is 1.82. The molecule has 0 radical (unpaired) electrons. The number of hydroxylamine groups is 2. The number of fused-ring (bicyclic) bond motifs is 1. The van der Waals surface area contributed by atoms with Crippen molar-refractivity contribution in [3.63, 3.8) is 0 Å². The molecule has 10 heteroatoms. The van der Waals surface area contributed by atoms with Crippen molar-refractivity contribution in [2.75, 3.05) is 11.6 Å². The van der Waals surface area contributed by atoms with Crippen molar-refractivity contribution >= 4 is 28.5 Å². The second-order valence-electron chi connectivity index (χ2n) is 9.06. The zero-order chi connectivity index (χ0) is 27.8. The van der Waals surface area contributed by atoms with Crippen molar-refractivity contribution < 1.29 is 27.2 Å². The lowest BCUT2D eigenvalue weighted by Crippen LogP contribution is -3.03. The summed E-state index contributed by atoms with van der Waals surface area (Å²) >= 11 is 0. The first-order valence-electron chi connectivity index (χ1n) is 11.9. The average molecular weight is 550 g/mol. The molecule has 3 aromatic carbocycles. The smallest absolute Gasteiger partial charge is 0.255 e. The van der Waals surface area contributed by atoms with E-state index in [9.17, 15) is 27.4 Å². The van der Waals surface area contributed by atoms with E-state index in [4.69, 9.17) is 0 Å². The third-order valence-corrected chi connectivity index (χ3v) is 7.31. The van der Waals surface area contributed by atoms with Crippen LogP contribution in [0.25, 0.3) is 17.2 Å². The van der Waals surface area contributed by atoms with E-state index >= 15 is 0 Å². The highest BCUT2D eigenvalue weighted by molar-refractivity contribution is 7.84. The minimum absolute atomic E-state index is 0.0785. The second kappa shape index (κ2) is 10.6.